The lowest BCUT2D eigenvalue weighted by Crippen LogP contribution is -2.18. The van der Waals surface area contributed by atoms with Gasteiger partial charge in [-0.25, -0.2) is 4.39 Å². The van der Waals surface area contributed by atoms with Gasteiger partial charge in [0.1, 0.15) is 5.67 Å². The van der Waals surface area contributed by atoms with Gasteiger partial charge in [-0.2, -0.15) is 0 Å². The number of fused-ring (bicyclic) bond motifs is 1. The van der Waals surface area contributed by atoms with E-state index in [-0.39, 0.29) is 10.8 Å². The first-order valence-corrected chi connectivity index (χ1v) is 11.3. The molecule has 4 heteroatoms. The Labute approximate surface area is 188 Å². The van der Waals surface area contributed by atoms with Crippen LogP contribution in [0.3, 0.4) is 0 Å². The lowest BCUT2D eigenvalue weighted by molar-refractivity contribution is 0.310. The molecule has 2 saturated carbocycles. The van der Waals surface area contributed by atoms with E-state index in [0.717, 1.165) is 22.5 Å². The third-order valence-corrected chi connectivity index (χ3v) is 7.87. The summed E-state index contributed by atoms with van der Waals surface area (Å²) in [6.45, 7) is 10.1. The summed E-state index contributed by atoms with van der Waals surface area (Å²) in [4.78, 5) is -0.265. The van der Waals surface area contributed by atoms with Gasteiger partial charge in [-0.1, -0.05) is 47.5 Å². The first-order chi connectivity index (χ1) is 14.1. The van der Waals surface area contributed by atoms with Gasteiger partial charge >= 0.3 is 0 Å². The highest BCUT2D eigenvalue weighted by molar-refractivity contribution is 6.32. The topological polar surface area (TPSA) is 12.0 Å². The average molecular weight is 442 g/mol. The van der Waals surface area contributed by atoms with Crippen molar-refractivity contribution in [3.8, 4) is 0 Å². The number of anilines is 1. The van der Waals surface area contributed by atoms with Crippen LogP contribution in [0.15, 0.2) is 54.8 Å². The number of benzene rings is 2. The minimum atomic E-state index is -1.05. The van der Waals surface area contributed by atoms with Gasteiger partial charge in [0.2, 0.25) is 0 Å². The number of halogens is 3. The molecule has 0 spiro atoms. The van der Waals surface area contributed by atoms with Gasteiger partial charge in [-0.05, 0) is 80.5 Å². The van der Waals surface area contributed by atoms with Crippen LogP contribution in [0.1, 0.15) is 47.9 Å². The molecule has 156 valence electrons. The Kier molecular flexibility index (Phi) is 4.44. The van der Waals surface area contributed by atoms with E-state index in [9.17, 15) is 4.39 Å². The monoisotopic (exact) mass is 441 g/mol. The summed E-state index contributed by atoms with van der Waals surface area (Å²) in [6, 6.07) is 12.5. The van der Waals surface area contributed by atoms with Crippen LogP contribution in [-0.2, 0) is 0 Å². The van der Waals surface area contributed by atoms with Crippen molar-refractivity contribution < 1.29 is 4.39 Å². The van der Waals surface area contributed by atoms with Crippen LogP contribution in [0.5, 0.6) is 0 Å². The summed E-state index contributed by atoms with van der Waals surface area (Å²) in [7, 11) is 0. The van der Waals surface area contributed by atoms with Crippen molar-refractivity contribution >= 4 is 34.5 Å². The maximum Gasteiger partial charge on any atom is 0.111 e. The van der Waals surface area contributed by atoms with Crippen molar-refractivity contribution in [1.82, 2.24) is 0 Å². The maximum atomic E-state index is 13.9. The summed E-state index contributed by atoms with van der Waals surface area (Å²) in [5, 5.41) is 4.19. The second-order valence-electron chi connectivity index (χ2n) is 9.61. The highest BCUT2D eigenvalue weighted by Crippen LogP contribution is 2.72. The Morgan fingerprint density at radius 3 is 2.47 bits per heavy atom. The molecule has 2 aromatic carbocycles. The summed E-state index contributed by atoms with van der Waals surface area (Å²) in [5.74, 6) is 0.675. The van der Waals surface area contributed by atoms with E-state index in [2.05, 4.69) is 50.0 Å². The highest BCUT2D eigenvalue weighted by Gasteiger charge is 2.70. The van der Waals surface area contributed by atoms with E-state index < -0.39 is 5.67 Å². The number of hydrogen-bond acceptors (Lipinski definition) is 1. The van der Waals surface area contributed by atoms with Gasteiger partial charge in [0.05, 0.1) is 4.87 Å². The van der Waals surface area contributed by atoms with E-state index in [0.29, 0.717) is 29.7 Å². The van der Waals surface area contributed by atoms with Crippen molar-refractivity contribution in [1.29, 1.82) is 0 Å². The zero-order valence-corrected chi connectivity index (χ0v) is 19.0. The molecule has 5 unspecified atom stereocenters. The van der Waals surface area contributed by atoms with Gasteiger partial charge in [-0.3, -0.25) is 0 Å². The fourth-order valence-electron chi connectivity index (χ4n) is 5.11. The van der Waals surface area contributed by atoms with Gasteiger partial charge in [-0.15, -0.1) is 11.6 Å². The predicted molar refractivity (Wildman–Crippen MR) is 125 cm³/mol. The molecule has 5 rings (SSSR count). The van der Waals surface area contributed by atoms with E-state index in [4.69, 9.17) is 23.2 Å². The molecule has 0 amide bonds. The number of aryl methyl sites for hydroxylation is 2. The van der Waals surface area contributed by atoms with Crippen molar-refractivity contribution in [2.45, 2.75) is 50.1 Å². The number of rotatable bonds is 6. The molecular weight excluding hydrogens is 416 g/mol. The fraction of sp³-hybridized carbons (Fsp3) is 0.385. The molecule has 2 aromatic rings. The molecule has 0 bridgehead atoms. The van der Waals surface area contributed by atoms with Crippen molar-refractivity contribution in [3.05, 3.63) is 82.0 Å². The number of allylic oxidation sites excluding steroid dienone is 3. The molecule has 1 N–H and O–H groups in total. The van der Waals surface area contributed by atoms with E-state index in [1.165, 1.54) is 16.7 Å². The third kappa shape index (κ3) is 3.29. The van der Waals surface area contributed by atoms with Crippen LogP contribution in [0, 0.1) is 25.7 Å². The van der Waals surface area contributed by atoms with Crippen LogP contribution in [-0.4, -0.2) is 10.5 Å². The second kappa shape index (κ2) is 6.61. The first-order valence-electron chi connectivity index (χ1n) is 10.5. The van der Waals surface area contributed by atoms with Gasteiger partial charge < -0.3 is 5.32 Å². The van der Waals surface area contributed by atoms with Crippen LogP contribution in [0.4, 0.5) is 10.1 Å². The van der Waals surface area contributed by atoms with Crippen molar-refractivity contribution in [2.75, 3.05) is 5.32 Å². The lowest BCUT2D eigenvalue weighted by atomic mass is 9.99. The molecule has 5 atom stereocenters. The zero-order chi connectivity index (χ0) is 21.4. The Bertz CT molecular complexity index is 1080. The predicted octanol–water partition coefficient (Wildman–Crippen LogP) is 7.81. The highest BCUT2D eigenvalue weighted by atomic mass is 35.5. The standard InChI is InChI=1S/C26H26Cl2FN/c1-14-7-15(2)9-17(8-14)23-24-22(13-26(23,24)28)30-19-5-6-21(27)20(11-19)16(3)10-18-12-25(18,4)29/h5-9,11,13,18,23-24,30H,3,10,12H2,1-2,4H3. The molecule has 0 saturated heterocycles. The van der Waals surface area contributed by atoms with E-state index in [1.807, 2.05) is 18.2 Å². The fourth-order valence-corrected chi connectivity index (χ4v) is 5.91. The first kappa shape index (κ1) is 20.2. The molecular formula is C26H26Cl2FN. The van der Waals surface area contributed by atoms with Gasteiger partial charge in [0.25, 0.3) is 0 Å². The summed E-state index contributed by atoms with van der Waals surface area (Å²) in [5.41, 5.74) is 6.70. The molecule has 3 aliphatic carbocycles. The molecule has 3 aliphatic rings. The lowest BCUT2D eigenvalue weighted by Gasteiger charge is -2.21. The molecule has 0 aromatic heterocycles. The molecule has 0 aliphatic heterocycles. The Morgan fingerprint density at radius 1 is 1.17 bits per heavy atom. The molecule has 1 nitrogen and oxygen atoms in total. The van der Waals surface area contributed by atoms with E-state index in [1.54, 1.807) is 6.92 Å². The smallest absolute Gasteiger partial charge is 0.111 e. The maximum absolute atomic E-state index is 13.9. The van der Waals surface area contributed by atoms with Crippen molar-refractivity contribution in [2.24, 2.45) is 11.8 Å². The molecule has 0 radical (unpaired) electrons. The van der Waals surface area contributed by atoms with Crippen molar-refractivity contribution in [3.63, 3.8) is 0 Å². The van der Waals surface area contributed by atoms with Crippen LogP contribution < -0.4 is 5.32 Å². The minimum Gasteiger partial charge on any atom is -0.359 e. The minimum absolute atomic E-state index is 0.0499. The Balaban J connectivity index is 1.30. The average Bonchev–Trinajstić information content (AvgIpc) is 3.41. The normalized spacial score (nSPS) is 33.3. The quantitative estimate of drug-likeness (QED) is 0.450. The summed E-state index contributed by atoms with van der Waals surface area (Å²) < 4.78 is 13.9. The summed E-state index contributed by atoms with van der Waals surface area (Å²) in [6.07, 6.45) is 3.39. The molecule has 30 heavy (non-hydrogen) atoms. The second-order valence-corrected chi connectivity index (χ2v) is 10.7. The number of hydrogen-bond donors (Lipinski definition) is 1. The molecule has 0 heterocycles. The van der Waals surface area contributed by atoms with Crippen LogP contribution >= 0.6 is 23.2 Å². The summed E-state index contributed by atoms with van der Waals surface area (Å²) >= 11 is 13.3. The van der Waals surface area contributed by atoms with E-state index >= 15 is 0 Å². The SMILES string of the molecule is C=C(CC1CC1(C)F)c1cc(NC2=CC3(Cl)C2C3c2cc(C)cc(C)c2)ccc1Cl. The Hall–Kier alpha value is -1.77. The van der Waals surface area contributed by atoms with Crippen LogP contribution in [0.2, 0.25) is 5.02 Å². The van der Waals surface area contributed by atoms with Gasteiger partial charge in [0.15, 0.2) is 0 Å². The Morgan fingerprint density at radius 2 is 1.83 bits per heavy atom. The number of nitrogens with one attached hydrogen (secondary N) is 1. The zero-order valence-electron chi connectivity index (χ0n) is 17.5. The van der Waals surface area contributed by atoms with Gasteiger partial charge in [0, 0.05) is 28.2 Å². The van der Waals surface area contributed by atoms with Crippen LogP contribution in [0.25, 0.3) is 5.57 Å². The third-order valence-electron chi connectivity index (χ3n) is 6.96. The molecule has 2 fully saturated rings. The number of alkyl halides is 2. The largest absolute Gasteiger partial charge is 0.359 e.